The van der Waals surface area contributed by atoms with Crippen LogP contribution in [0.15, 0.2) is 66.9 Å². The fourth-order valence-corrected chi connectivity index (χ4v) is 3.74. The molecule has 5 rings (SSSR count). The van der Waals surface area contributed by atoms with Gasteiger partial charge >= 0.3 is 0 Å². The van der Waals surface area contributed by atoms with Crippen LogP contribution in [0.4, 0.5) is 11.4 Å². The molecule has 2 aliphatic heterocycles. The smallest absolute Gasteiger partial charge is 0.264 e. The van der Waals surface area contributed by atoms with Crippen molar-refractivity contribution < 1.29 is 14.3 Å². The zero-order chi connectivity index (χ0) is 19.1. The summed E-state index contributed by atoms with van der Waals surface area (Å²) >= 11 is 0. The molecule has 3 aromatic rings. The van der Waals surface area contributed by atoms with E-state index >= 15 is 0 Å². The Balaban J connectivity index is 1.52. The first kappa shape index (κ1) is 16.5. The highest BCUT2D eigenvalue weighted by Crippen LogP contribution is 2.38. The second-order valence-corrected chi connectivity index (χ2v) is 6.74. The fraction of sp³-hybridized carbons (Fsp3) is 0.136. The minimum Gasteiger partial charge on any atom is -0.436 e. The third kappa shape index (κ3) is 2.62. The number of amides is 2. The van der Waals surface area contributed by atoms with Crippen molar-refractivity contribution in [1.29, 1.82) is 0 Å². The summed E-state index contributed by atoms with van der Waals surface area (Å²) in [6, 6.07) is 18.4. The summed E-state index contributed by atoms with van der Waals surface area (Å²) in [6.45, 7) is 0.554. The van der Waals surface area contributed by atoms with E-state index in [0.717, 1.165) is 17.7 Å². The van der Waals surface area contributed by atoms with Gasteiger partial charge in [0.25, 0.3) is 5.91 Å². The van der Waals surface area contributed by atoms with Crippen molar-refractivity contribution in [2.24, 2.45) is 0 Å². The minimum absolute atomic E-state index is 0.0676. The molecule has 0 unspecified atom stereocenters. The molecule has 0 aliphatic carbocycles. The molecule has 0 N–H and O–H groups in total. The molecule has 0 atom stereocenters. The van der Waals surface area contributed by atoms with Crippen LogP contribution in [0.3, 0.4) is 0 Å². The van der Waals surface area contributed by atoms with Gasteiger partial charge in [-0.3, -0.25) is 14.5 Å². The Hall–Kier alpha value is -3.67. The topological polar surface area (TPSA) is 62.7 Å². The summed E-state index contributed by atoms with van der Waals surface area (Å²) in [4.78, 5) is 33.8. The summed E-state index contributed by atoms with van der Waals surface area (Å²) in [5.41, 5.74) is 2.97. The number of anilines is 2. The molecule has 6 heteroatoms. The predicted molar refractivity (Wildman–Crippen MR) is 105 cm³/mol. The second kappa shape index (κ2) is 6.49. The largest absolute Gasteiger partial charge is 0.436 e. The van der Waals surface area contributed by atoms with Crippen LogP contribution < -0.4 is 14.5 Å². The quantitative estimate of drug-likeness (QED) is 0.692. The molecule has 0 saturated heterocycles. The van der Waals surface area contributed by atoms with Crippen molar-refractivity contribution in [2.75, 3.05) is 22.9 Å². The number of aromatic nitrogens is 1. The molecule has 0 saturated carbocycles. The van der Waals surface area contributed by atoms with Crippen LogP contribution in [0.1, 0.15) is 15.9 Å². The molecule has 28 heavy (non-hydrogen) atoms. The fourth-order valence-electron chi connectivity index (χ4n) is 3.74. The van der Waals surface area contributed by atoms with Gasteiger partial charge in [-0.25, -0.2) is 4.98 Å². The average Bonchev–Trinajstić information content (AvgIpc) is 3.12. The van der Waals surface area contributed by atoms with Crippen LogP contribution in [-0.2, 0) is 11.2 Å². The molecular formula is C22H17N3O3. The van der Waals surface area contributed by atoms with E-state index in [1.807, 2.05) is 36.4 Å². The van der Waals surface area contributed by atoms with Crippen LogP contribution in [0.25, 0.3) is 0 Å². The lowest BCUT2D eigenvalue weighted by Gasteiger charge is -2.25. The maximum Gasteiger partial charge on any atom is 0.264 e. The summed E-state index contributed by atoms with van der Waals surface area (Å²) < 4.78 is 5.87. The first-order valence-electron chi connectivity index (χ1n) is 9.14. The zero-order valence-corrected chi connectivity index (χ0v) is 15.0. The third-order valence-corrected chi connectivity index (χ3v) is 5.09. The molecule has 2 amide bonds. The van der Waals surface area contributed by atoms with Crippen molar-refractivity contribution in [1.82, 2.24) is 4.98 Å². The highest BCUT2D eigenvalue weighted by Gasteiger charge is 2.33. The molecule has 6 nitrogen and oxygen atoms in total. The molecule has 1 aromatic heterocycles. The molecule has 3 heterocycles. The van der Waals surface area contributed by atoms with Crippen LogP contribution in [0.2, 0.25) is 0 Å². The summed E-state index contributed by atoms with van der Waals surface area (Å²) in [6.07, 6.45) is 2.40. The van der Waals surface area contributed by atoms with E-state index in [1.165, 1.54) is 4.90 Å². The number of para-hydroxylation sites is 3. The van der Waals surface area contributed by atoms with Crippen molar-refractivity contribution in [3.63, 3.8) is 0 Å². The van der Waals surface area contributed by atoms with Gasteiger partial charge in [0.15, 0.2) is 5.75 Å². The Kier molecular flexibility index (Phi) is 3.83. The Morgan fingerprint density at radius 3 is 2.68 bits per heavy atom. The lowest BCUT2D eigenvalue weighted by molar-refractivity contribution is -0.117. The molecule has 0 bridgehead atoms. The first-order valence-corrected chi connectivity index (χ1v) is 9.14. The standard InChI is InChI=1S/C22H17N3O3/c26-20(24-13-11-15-6-1-2-8-17(15)24)14-25-18-9-3-4-10-19(18)28-21-16(22(25)27)7-5-12-23-21/h1-10,12H,11,13-14H2. The van der Waals surface area contributed by atoms with Crippen molar-refractivity contribution in [3.05, 3.63) is 78.0 Å². The summed E-state index contributed by atoms with van der Waals surface area (Å²) in [7, 11) is 0. The third-order valence-electron chi connectivity index (χ3n) is 5.09. The zero-order valence-electron chi connectivity index (χ0n) is 15.0. The minimum atomic E-state index is -0.297. The number of carbonyl (C=O) groups is 2. The van der Waals surface area contributed by atoms with Gasteiger partial charge in [-0.05, 0) is 42.3 Å². The molecule has 0 fully saturated rings. The van der Waals surface area contributed by atoms with E-state index in [1.54, 1.807) is 35.4 Å². The summed E-state index contributed by atoms with van der Waals surface area (Å²) in [5.74, 6) is 0.332. The second-order valence-electron chi connectivity index (χ2n) is 6.74. The molecular weight excluding hydrogens is 354 g/mol. The van der Waals surface area contributed by atoms with E-state index in [4.69, 9.17) is 4.74 Å². The number of carbonyl (C=O) groups excluding carboxylic acids is 2. The first-order chi connectivity index (χ1) is 13.7. The SMILES string of the molecule is O=C(CN1C(=O)c2cccnc2Oc2ccccc21)N1CCc2ccccc21. The Morgan fingerprint density at radius 2 is 1.79 bits per heavy atom. The van der Waals surface area contributed by atoms with Crippen molar-refractivity contribution >= 4 is 23.2 Å². The van der Waals surface area contributed by atoms with E-state index in [0.29, 0.717) is 23.5 Å². The van der Waals surface area contributed by atoms with Gasteiger partial charge < -0.3 is 9.64 Å². The van der Waals surface area contributed by atoms with Gasteiger partial charge in [-0.15, -0.1) is 0 Å². The highest BCUT2D eigenvalue weighted by atomic mass is 16.5. The van der Waals surface area contributed by atoms with E-state index in [9.17, 15) is 9.59 Å². The molecule has 0 spiro atoms. The molecule has 0 radical (unpaired) electrons. The normalized spacial score (nSPS) is 14.6. The molecule has 2 aromatic carbocycles. The van der Waals surface area contributed by atoms with Crippen molar-refractivity contribution in [2.45, 2.75) is 6.42 Å². The van der Waals surface area contributed by atoms with Crippen LogP contribution in [0.5, 0.6) is 11.6 Å². The number of pyridine rings is 1. The Labute approximate surface area is 162 Å². The van der Waals surface area contributed by atoms with Gasteiger partial charge in [0.2, 0.25) is 11.8 Å². The van der Waals surface area contributed by atoms with Crippen LogP contribution in [0, 0.1) is 0 Å². The maximum atomic E-state index is 13.2. The van der Waals surface area contributed by atoms with Gasteiger partial charge in [0.05, 0.1) is 5.69 Å². The number of ether oxygens (including phenoxy) is 1. The van der Waals surface area contributed by atoms with Crippen LogP contribution in [-0.4, -0.2) is 29.9 Å². The van der Waals surface area contributed by atoms with Crippen LogP contribution >= 0.6 is 0 Å². The monoisotopic (exact) mass is 371 g/mol. The maximum absolute atomic E-state index is 13.2. The van der Waals surface area contributed by atoms with Crippen molar-refractivity contribution in [3.8, 4) is 11.6 Å². The molecule has 138 valence electrons. The van der Waals surface area contributed by atoms with Gasteiger partial charge in [-0.1, -0.05) is 30.3 Å². The van der Waals surface area contributed by atoms with Gasteiger partial charge in [-0.2, -0.15) is 0 Å². The number of nitrogens with zero attached hydrogens (tertiary/aromatic N) is 3. The highest BCUT2D eigenvalue weighted by molar-refractivity contribution is 6.13. The van der Waals surface area contributed by atoms with E-state index in [-0.39, 0.29) is 24.2 Å². The lowest BCUT2D eigenvalue weighted by Crippen LogP contribution is -2.42. The number of fused-ring (bicyclic) bond motifs is 3. The number of benzene rings is 2. The number of rotatable bonds is 2. The van der Waals surface area contributed by atoms with E-state index < -0.39 is 0 Å². The summed E-state index contributed by atoms with van der Waals surface area (Å²) in [5, 5.41) is 0. The lowest BCUT2D eigenvalue weighted by atomic mass is 10.2. The van der Waals surface area contributed by atoms with Gasteiger partial charge in [0.1, 0.15) is 12.1 Å². The number of hydrogen-bond donors (Lipinski definition) is 0. The van der Waals surface area contributed by atoms with E-state index in [2.05, 4.69) is 4.98 Å². The Bertz CT molecular complexity index is 1100. The molecule has 2 aliphatic rings. The Morgan fingerprint density at radius 1 is 1.00 bits per heavy atom. The number of hydrogen-bond acceptors (Lipinski definition) is 4. The van der Waals surface area contributed by atoms with Gasteiger partial charge in [0, 0.05) is 18.4 Å². The predicted octanol–water partition coefficient (Wildman–Crippen LogP) is 3.42. The average molecular weight is 371 g/mol.